The van der Waals surface area contributed by atoms with Crippen molar-refractivity contribution in [2.45, 2.75) is 32.3 Å². The molecule has 21 heavy (non-hydrogen) atoms. The summed E-state index contributed by atoms with van der Waals surface area (Å²) in [5.41, 5.74) is 0. The zero-order chi connectivity index (χ0) is 15.5. The molecule has 2 fully saturated rings. The van der Waals surface area contributed by atoms with Crippen LogP contribution in [0.3, 0.4) is 0 Å². The molecule has 0 bridgehead atoms. The maximum absolute atomic E-state index is 12.8. The molecule has 2 aliphatic rings. The Morgan fingerprint density at radius 2 is 1.90 bits per heavy atom. The fourth-order valence-corrected chi connectivity index (χ4v) is 5.13. The Morgan fingerprint density at radius 1 is 1.19 bits per heavy atom. The molecule has 0 aromatic carbocycles. The SMILES string of the molecule is CNCC1CCCN(S(=O)(=O)N2CCC(C)C(OC)C2)C1. The zero-order valence-corrected chi connectivity index (χ0v) is 14.2. The topological polar surface area (TPSA) is 61.9 Å². The monoisotopic (exact) mass is 319 g/mol. The Morgan fingerprint density at radius 3 is 2.57 bits per heavy atom. The number of hydrogen-bond acceptors (Lipinski definition) is 4. The van der Waals surface area contributed by atoms with Gasteiger partial charge in [-0.2, -0.15) is 17.0 Å². The molecule has 7 heteroatoms. The summed E-state index contributed by atoms with van der Waals surface area (Å²) in [5, 5.41) is 3.16. The molecule has 2 heterocycles. The summed E-state index contributed by atoms with van der Waals surface area (Å²) >= 11 is 0. The Bertz CT molecular complexity index is 427. The summed E-state index contributed by atoms with van der Waals surface area (Å²) < 4.78 is 34.4. The van der Waals surface area contributed by atoms with Gasteiger partial charge < -0.3 is 10.1 Å². The van der Waals surface area contributed by atoms with E-state index in [1.54, 1.807) is 15.7 Å². The van der Waals surface area contributed by atoms with Gasteiger partial charge in [0.25, 0.3) is 10.2 Å². The summed E-state index contributed by atoms with van der Waals surface area (Å²) in [7, 11) is 0.243. The second kappa shape index (κ2) is 7.37. The van der Waals surface area contributed by atoms with Gasteiger partial charge in [-0.3, -0.25) is 0 Å². The first kappa shape index (κ1) is 17.1. The van der Waals surface area contributed by atoms with Gasteiger partial charge in [-0.1, -0.05) is 6.92 Å². The summed E-state index contributed by atoms with van der Waals surface area (Å²) in [4.78, 5) is 0. The van der Waals surface area contributed by atoms with Crippen molar-refractivity contribution in [3.63, 3.8) is 0 Å². The zero-order valence-electron chi connectivity index (χ0n) is 13.4. The van der Waals surface area contributed by atoms with Gasteiger partial charge in [0.05, 0.1) is 6.10 Å². The first-order valence-electron chi connectivity index (χ1n) is 7.91. The van der Waals surface area contributed by atoms with Crippen LogP contribution in [0.1, 0.15) is 26.2 Å². The van der Waals surface area contributed by atoms with Gasteiger partial charge in [0, 0.05) is 33.3 Å². The second-order valence-electron chi connectivity index (χ2n) is 6.33. The number of nitrogens with zero attached hydrogens (tertiary/aromatic N) is 2. The van der Waals surface area contributed by atoms with Crippen molar-refractivity contribution in [3.8, 4) is 0 Å². The highest BCUT2D eigenvalue weighted by Gasteiger charge is 2.38. The Labute approximate surface area is 129 Å². The molecular weight excluding hydrogens is 290 g/mol. The van der Waals surface area contributed by atoms with Crippen LogP contribution in [-0.2, 0) is 14.9 Å². The lowest BCUT2D eigenvalue weighted by Gasteiger charge is -2.40. The highest BCUT2D eigenvalue weighted by molar-refractivity contribution is 7.86. The minimum atomic E-state index is -3.34. The molecule has 0 radical (unpaired) electrons. The van der Waals surface area contributed by atoms with E-state index in [2.05, 4.69) is 12.2 Å². The predicted octanol–water partition coefficient (Wildman–Crippen LogP) is 0.519. The predicted molar refractivity (Wildman–Crippen MR) is 83.3 cm³/mol. The van der Waals surface area contributed by atoms with Crippen LogP contribution >= 0.6 is 0 Å². The summed E-state index contributed by atoms with van der Waals surface area (Å²) in [5.74, 6) is 0.834. The molecule has 1 N–H and O–H groups in total. The third kappa shape index (κ3) is 3.96. The minimum Gasteiger partial charge on any atom is -0.380 e. The van der Waals surface area contributed by atoms with E-state index in [0.29, 0.717) is 38.0 Å². The largest absolute Gasteiger partial charge is 0.380 e. The first-order valence-corrected chi connectivity index (χ1v) is 9.31. The Hall–Kier alpha value is -0.210. The van der Waals surface area contributed by atoms with Crippen LogP contribution in [0, 0.1) is 11.8 Å². The Kier molecular flexibility index (Phi) is 6.02. The van der Waals surface area contributed by atoms with Gasteiger partial charge in [0.1, 0.15) is 0 Å². The van der Waals surface area contributed by atoms with Crippen molar-refractivity contribution in [2.24, 2.45) is 11.8 Å². The average Bonchev–Trinajstić information content (AvgIpc) is 2.48. The summed E-state index contributed by atoms with van der Waals surface area (Å²) in [6.45, 7) is 5.37. The molecule has 0 aromatic heterocycles. The molecule has 0 spiro atoms. The molecule has 0 amide bonds. The van der Waals surface area contributed by atoms with E-state index in [0.717, 1.165) is 25.8 Å². The van der Waals surface area contributed by atoms with Gasteiger partial charge in [-0.25, -0.2) is 0 Å². The molecule has 2 rings (SSSR count). The van der Waals surface area contributed by atoms with Crippen LogP contribution < -0.4 is 5.32 Å². The van der Waals surface area contributed by atoms with Crippen LogP contribution in [0.2, 0.25) is 0 Å². The molecule has 0 saturated carbocycles. The molecule has 124 valence electrons. The Balaban J connectivity index is 2.03. The molecule has 3 atom stereocenters. The third-order valence-corrected chi connectivity index (χ3v) is 6.75. The lowest BCUT2D eigenvalue weighted by Crippen LogP contribution is -2.54. The van der Waals surface area contributed by atoms with Crippen molar-refractivity contribution in [2.75, 3.05) is 46.9 Å². The normalized spacial score (nSPS) is 33.2. The van der Waals surface area contributed by atoms with Gasteiger partial charge >= 0.3 is 0 Å². The number of piperidine rings is 2. The lowest BCUT2D eigenvalue weighted by atomic mass is 9.97. The highest BCUT2D eigenvalue weighted by atomic mass is 32.2. The number of hydrogen-bond donors (Lipinski definition) is 1. The molecule has 2 aliphatic heterocycles. The first-order chi connectivity index (χ1) is 9.98. The molecule has 0 aromatic rings. The van der Waals surface area contributed by atoms with E-state index < -0.39 is 10.2 Å². The third-order valence-electron chi connectivity index (χ3n) is 4.78. The van der Waals surface area contributed by atoms with Crippen LogP contribution in [-0.4, -0.2) is 70.0 Å². The number of methoxy groups -OCH3 is 1. The van der Waals surface area contributed by atoms with E-state index in [1.165, 1.54) is 0 Å². The van der Waals surface area contributed by atoms with Gasteiger partial charge in [-0.05, 0) is 44.7 Å². The standard InChI is InChI=1S/C14H29N3O3S/c1-12-6-8-17(11-14(12)20-3)21(18,19)16-7-4-5-13(10-16)9-15-2/h12-15H,4-11H2,1-3H3. The van der Waals surface area contributed by atoms with Gasteiger partial charge in [0.15, 0.2) is 0 Å². The van der Waals surface area contributed by atoms with Gasteiger partial charge in [-0.15, -0.1) is 0 Å². The van der Waals surface area contributed by atoms with E-state index >= 15 is 0 Å². The fraction of sp³-hybridized carbons (Fsp3) is 1.00. The van der Waals surface area contributed by atoms with Gasteiger partial charge in [0.2, 0.25) is 0 Å². The minimum absolute atomic E-state index is 0.00595. The van der Waals surface area contributed by atoms with Crippen LogP contribution in [0.25, 0.3) is 0 Å². The number of rotatable bonds is 5. The second-order valence-corrected chi connectivity index (χ2v) is 8.26. The number of nitrogens with one attached hydrogen (secondary N) is 1. The molecule has 2 saturated heterocycles. The van der Waals surface area contributed by atoms with E-state index in [4.69, 9.17) is 4.74 Å². The fourth-order valence-electron chi connectivity index (χ4n) is 3.38. The average molecular weight is 319 g/mol. The van der Waals surface area contributed by atoms with Crippen LogP contribution in [0.4, 0.5) is 0 Å². The quantitative estimate of drug-likeness (QED) is 0.802. The molecule has 3 unspecified atom stereocenters. The van der Waals surface area contributed by atoms with E-state index in [-0.39, 0.29) is 6.10 Å². The molecule has 0 aliphatic carbocycles. The van der Waals surface area contributed by atoms with E-state index in [9.17, 15) is 8.42 Å². The molecule has 6 nitrogen and oxygen atoms in total. The van der Waals surface area contributed by atoms with Crippen molar-refractivity contribution < 1.29 is 13.2 Å². The lowest BCUT2D eigenvalue weighted by molar-refractivity contribution is 0.0164. The number of ether oxygens (including phenoxy) is 1. The van der Waals surface area contributed by atoms with Crippen molar-refractivity contribution in [1.82, 2.24) is 13.9 Å². The summed E-state index contributed by atoms with van der Waals surface area (Å²) in [6, 6.07) is 0. The van der Waals surface area contributed by atoms with Crippen molar-refractivity contribution in [1.29, 1.82) is 0 Å². The van der Waals surface area contributed by atoms with Crippen molar-refractivity contribution in [3.05, 3.63) is 0 Å². The summed E-state index contributed by atoms with van der Waals surface area (Å²) in [6.07, 6.45) is 2.92. The maximum Gasteiger partial charge on any atom is 0.282 e. The molecular formula is C14H29N3O3S. The van der Waals surface area contributed by atoms with Crippen molar-refractivity contribution >= 4 is 10.2 Å². The van der Waals surface area contributed by atoms with Crippen LogP contribution in [0.15, 0.2) is 0 Å². The highest BCUT2D eigenvalue weighted by Crippen LogP contribution is 2.26. The van der Waals surface area contributed by atoms with E-state index in [1.807, 2.05) is 7.05 Å². The smallest absolute Gasteiger partial charge is 0.282 e. The van der Waals surface area contributed by atoms with Crippen LogP contribution in [0.5, 0.6) is 0 Å². The maximum atomic E-state index is 12.8.